The minimum atomic E-state index is -0.854. The van der Waals surface area contributed by atoms with Crippen LogP contribution in [0.3, 0.4) is 0 Å². The third-order valence-corrected chi connectivity index (χ3v) is 0.954. The highest BCUT2D eigenvalue weighted by molar-refractivity contribution is 5.75. The van der Waals surface area contributed by atoms with E-state index in [2.05, 4.69) is 4.74 Å². The Hall–Kier alpha value is -0.570. The lowest BCUT2D eigenvalue weighted by atomic mass is 10.4. The predicted octanol–water partition coefficient (Wildman–Crippen LogP) is -0.142. The lowest BCUT2D eigenvalue weighted by Crippen LogP contribution is -2.05. The first-order valence-corrected chi connectivity index (χ1v) is 2.10. The number of ether oxygens (including phenoxy) is 1. The zero-order valence-corrected chi connectivity index (χ0v) is 3.92. The molecule has 2 atom stereocenters. The summed E-state index contributed by atoms with van der Waals surface area (Å²) in [7, 11) is 0. The van der Waals surface area contributed by atoms with Crippen LogP contribution in [0.1, 0.15) is 6.92 Å². The molecule has 1 heterocycles. The molecular formula is C4H6O3. The molecule has 40 valence electrons. The zero-order valence-electron chi connectivity index (χ0n) is 3.92. The molecule has 1 fully saturated rings. The Balaban J connectivity index is 2.33. The third-order valence-electron chi connectivity index (χ3n) is 0.954. The van der Waals surface area contributed by atoms with Crippen molar-refractivity contribution in [1.29, 1.82) is 0 Å². The van der Waals surface area contributed by atoms with Crippen molar-refractivity contribution in [1.82, 2.24) is 0 Å². The molecule has 0 amide bonds. The van der Waals surface area contributed by atoms with Gasteiger partial charge in [-0.1, -0.05) is 0 Å². The van der Waals surface area contributed by atoms with Gasteiger partial charge in [0.2, 0.25) is 0 Å². The predicted molar refractivity (Wildman–Crippen MR) is 22.0 cm³/mol. The monoisotopic (exact) mass is 102 g/mol. The Morgan fingerprint density at radius 1 is 1.86 bits per heavy atom. The van der Waals surface area contributed by atoms with Crippen LogP contribution in [0, 0.1) is 0 Å². The molecular weight excluding hydrogens is 96.0 g/mol. The minimum absolute atomic E-state index is 0.0579. The Morgan fingerprint density at radius 3 is 2.29 bits per heavy atom. The van der Waals surface area contributed by atoms with E-state index < -0.39 is 12.1 Å². The van der Waals surface area contributed by atoms with Crippen molar-refractivity contribution in [2.45, 2.75) is 19.1 Å². The van der Waals surface area contributed by atoms with Crippen molar-refractivity contribution in [2.75, 3.05) is 0 Å². The van der Waals surface area contributed by atoms with Gasteiger partial charge in [0.1, 0.15) is 0 Å². The maximum absolute atomic E-state index is 9.85. The molecule has 1 aliphatic rings. The van der Waals surface area contributed by atoms with Gasteiger partial charge in [-0.2, -0.15) is 0 Å². The first-order chi connectivity index (χ1) is 3.22. The molecule has 1 N–H and O–H groups in total. The van der Waals surface area contributed by atoms with E-state index in [-0.39, 0.29) is 6.10 Å². The molecule has 0 bridgehead atoms. The van der Waals surface area contributed by atoms with Gasteiger partial charge < -0.3 is 9.84 Å². The van der Waals surface area contributed by atoms with E-state index >= 15 is 0 Å². The standard InChI is InChI=1S/C4H6O3/c1-2-3(7-2)4(5)6/h2-3H,1H3,(H,5,6). The van der Waals surface area contributed by atoms with Crippen molar-refractivity contribution in [3.63, 3.8) is 0 Å². The van der Waals surface area contributed by atoms with Crippen LogP contribution in [-0.4, -0.2) is 23.3 Å². The molecule has 0 aliphatic carbocycles. The summed E-state index contributed by atoms with van der Waals surface area (Å²) in [5, 5.41) is 8.10. The van der Waals surface area contributed by atoms with Crippen LogP contribution in [0.4, 0.5) is 0 Å². The second-order valence-electron chi connectivity index (χ2n) is 1.60. The number of aliphatic carboxylic acids is 1. The molecule has 0 aromatic rings. The molecule has 0 spiro atoms. The van der Waals surface area contributed by atoms with Crippen LogP contribution in [-0.2, 0) is 9.53 Å². The molecule has 7 heavy (non-hydrogen) atoms. The highest BCUT2D eigenvalue weighted by Gasteiger charge is 2.40. The quantitative estimate of drug-likeness (QED) is 0.469. The van der Waals surface area contributed by atoms with Crippen LogP contribution >= 0.6 is 0 Å². The zero-order chi connectivity index (χ0) is 5.44. The van der Waals surface area contributed by atoms with E-state index in [1.165, 1.54) is 0 Å². The lowest BCUT2D eigenvalue weighted by Gasteiger charge is -1.74. The van der Waals surface area contributed by atoms with Crippen LogP contribution in [0.2, 0.25) is 0 Å². The van der Waals surface area contributed by atoms with Gasteiger partial charge in [-0.3, -0.25) is 0 Å². The summed E-state index contributed by atoms with van der Waals surface area (Å²) in [5.74, 6) is -0.854. The van der Waals surface area contributed by atoms with E-state index in [0.717, 1.165) is 0 Å². The Kier molecular flexibility index (Phi) is 0.785. The van der Waals surface area contributed by atoms with Crippen molar-refractivity contribution in [3.8, 4) is 0 Å². The maximum atomic E-state index is 9.85. The highest BCUT2D eigenvalue weighted by Crippen LogP contribution is 2.20. The number of hydrogen-bond donors (Lipinski definition) is 1. The molecule has 3 nitrogen and oxygen atoms in total. The summed E-state index contributed by atoms with van der Waals surface area (Å²) in [5.41, 5.74) is 0. The fourth-order valence-corrected chi connectivity index (χ4v) is 0.445. The van der Waals surface area contributed by atoms with Crippen molar-refractivity contribution in [3.05, 3.63) is 0 Å². The molecule has 0 radical (unpaired) electrons. The van der Waals surface area contributed by atoms with Gasteiger partial charge in [-0.25, -0.2) is 4.79 Å². The molecule has 1 rings (SSSR count). The number of carboxylic acids is 1. The Bertz CT molecular complexity index is 99.1. The SMILES string of the molecule is CC1OC1C(=O)O. The number of carboxylic acid groups (broad SMARTS) is 1. The molecule has 3 heteroatoms. The first kappa shape index (κ1) is 4.59. The van der Waals surface area contributed by atoms with E-state index in [1.807, 2.05) is 0 Å². The Labute approximate surface area is 40.9 Å². The summed E-state index contributed by atoms with van der Waals surface area (Å²) in [4.78, 5) is 9.85. The molecule has 1 saturated heterocycles. The van der Waals surface area contributed by atoms with Gasteiger partial charge in [-0.15, -0.1) is 0 Å². The second-order valence-corrected chi connectivity index (χ2v) is 1.60. The second kappa shape index (κ2) is 1.20. The summed E-state index contributed by atoms with van der Waals surface area (Å²) in [6.45, 7) is 1.73. The molecule has 0 saturated carbocycles. The van der Waals surface area contributed by atoms with Crippen LogP contribution in [0.15, 0.2) is 0 Å². The lowest BCUT2D eigenvalue weighted by molar-refractivity contribution is -0.138. The summed E-state index contributed by atoms with van der Waals surface area (Å²) >= 11 is 0. The molecule has 0 aromatic carbocycles. The van der Waals surface area contributed by atoms with Crippen LogP contribution in [0.25, 0.3) is 0 Å². The van der Waals surface area contributed by atoms with Crippen LogP contribution in [0.5, 0.6) is 0 Å². The van der Waals surface area contributed by atoms with Crippen molar-refractivity contribution < 1.29 is 14.6 Å². The molecule has 1 aliphatic heterocycles. The average Bonchev–Trinajstić information content (AvgIpc) is 2.17. The first-order valence-electron chi connectivity index (χ1n) is 2.10. The fourth-order valence-electron chi connectivity index (χ4n) is 0.445. The number of epoxide rings is 1. The van der Waals surface area contributed by atoms with E-state index in [0.29, 0.717) is 0 Å². The van der Waals surface area contributed by atoms with Gasteiger partial charge in [0, 0.05) is 0 Å². The van der Waals surface area contributed by atoms with Gasteiger partial charge in [0.05, 0.1) is 6.10 Å². The summed E-state index contributed by atoms with van der Waals surface area (Å²) in [6.07, 6.45) is -0.572. The van der Waals surface area contributed by atoms with Gasteiger partial charge >= 0.3 is 5.97 Å². The highest BCUT2D eigenvalue weighted by atomic mass is 16.6. The summed E-state index contributed by atoms with van der Waals surface area (Å²) < 4.78 is 4.58. The largest absolute Gasteiger partial charge is 0.479 e. The van der Waals surface area contributed by atoms with Gasteiger partial charge in [-0.05, 0) is 6.92 Å². The average molecular weight is 102 g/mol. The van der Waals surface area contributed by atoms with Crippen LogP contribution < -0.4 is 0 Å². The van der Waals surface area contributed by atoms with Crippen molar-refractivity contribution in [2.24, 2.45) is 0 Å². The maximum Gasteiger partial charge on any atom is 0.335 e. The van der Waals surface area contributed by atoms with Gasteiger partial charge in [0.15, 0.2) is 6.10 Å². The number of carbonyl (C=O) groups is 1. The van der Waals surface area contributed by atoms with Gasteiger partial charge in [0.25, 0.3) is 0 Å². The minimum Gasteiger partial charge on any atom is -0.479 e. The Morgan fingerprint density at radius 2 is 2.29 bits per heavy atom. The van der Waals surface area contributed by atoms with Crippen molar-refractivity contribution >= 4 is 5.97 Å². The molecule has 2 unspecified atom stereocenters. The smallest absolute Gasteiger partial charge is 0.335 e. The fraction of sp³-hybridized carbons (Fsp3) is 0.750. The normalized spacial score (nSPS) is 37.9. The number of rotatable bonds is 1. The third kappa shape index (κ3) is 0.718. The molecule has 0 aromatic heterocycles. The van der Waals surface area contributed by atoms with E-state index in [9.17, 15) is 4.79 Å². The van der Waals surface area contributed by atoms with E-state index in [1.54, 1.807) is 6.92 Å². The topological polar surface area (TPSA) is 49.8 Å². The van der Waals surface area contributed by atoms with E-state index in [4.69, 9.17) is 5.11 Å². The number of hydrogen-bond acceptors (Lipinski definition) is 2. The summed E-state index contributed by atoms with van der Waals surface area (Å²) in [6, 6.07) is 0.